The smallest absolute Gasteiger partial charge is 0.119 e. The van der Waals surface area contributed by atoms with E-state index in [1.54, 1.807) is 23.8 Å². The van der Waals surface area contributed by atoms with Crippen LogP contribution in [0.1, 0.15) is 237 Å². The number of benzene rings is 6. The van der Waals surface area contributed by atoms with Crippen LogP contribution in [0.3, 0.4) is 0 Å². The number of fused-ring (bicyclic) bond motifs is 9. The van der Waals surface area contributed by atoms with Crippen molar-refractivity contribution in [2.45, 2.75) is 221 Å². The Hall–Kier alpha value is -3.06. The second kappa shape index (κ2) is 37.1. The van der Waals surface area contributed by atoms with Gasteiger partial charge >= 0.3 is 0 Å². The van der Waals surface area contributed by atoms with Crippen molar-refractivity contribution in [1.29, 1.82) is 0 Å². The summed E-state index contributed by atoms with van der Waals surface area (Å²) in [7, 11) is 1.79. The molecule has 6 aromatic carbocycles. The standard InChI is InChI=1S/C30H45NO.C29H42BrN.C13H10BrN.C4H9I.HI/c1-6-10-18-30(19-11-7-2)28-22-24(31(20-12-8-3)21-13-9-4)14-16-26(28)27-17-15-25(32-5)23-29(27)30;1-5-9-17-29(18-10-6-2)27-21-23(30)13-15-25(27)26-16-14-24(22-28(26)29)31(19-11-7-3)20-12-8-4;14-10-1-3-12-8(6-10)5-9-7-11(15)2-4-13(9)12;1-2-3-4-5;/h14-17,22-23H,6-13,18-21H2,1-5H3;13-16,21-22H,5-12,17-20H2,1-4H3;1-4,6-7H,5,15H2;2-4H2,1H3;1H/p-1. The summed E-state index contributed by atoms with van der Waals surface area (Å²) >= 11 is 9.67. The summed E-state index contributed by atoms with van der Waals surface area (Å²) in [6.45, 7) is 25.4. The van der Waals surface area contributed by atoms with Crippen LogP contribution < -0.4 is 44.2 Å². The zero-order valence-electron chi connectivity index (χ0n) is 53.6. The van der Waals surface area contributed by atoms with Crippen molar-refractivity contribution >= 4 is 71.5 Å². The molecule has 2 N–H and O–H groups in total. The molecule has 4 nitrogen and oxygen atoms in total. The number of nitrogen functional groups attached to an aromatic ring is 1. The van der Waals surface area contributed by atoms with E-state index >= 15 is 0 Å². The Kier molecular flexibility index (Phi) is 31.6. The van der Waals surface area contributed by atoms with Crippen molar-refractivity contribution in [3.63, 3.8) is 0 Å². The zero-order chi connectivity index (χ0) is 59.8. The molecule has 0 bridgehead atoms. The number of unbranched alkanes of at least 4 members (excludes halogenated alkanes) is 9. The molecule has 84 heavy (non-hydrogen) atoms. The zero-order valence-corrected chi connectivity index (χ0v) is 61.1. The Balaban J connectivity index is 0.000000231. The summed E-state index contributed by atoms with van der Waals surface area (Å²) in [5, 5.41) is 0. The van der Waals surface area contributed by atoms with Gasteiger partial charge in [-0.2, -0.15) is 0 Å². The summed E-state index contributed by atoms with van der Waals surface area (Å²) in [5.41, 5.74) is 27.2. The first kappa shape index (κ1) is 71.7. The van der Waals surface area contributed by atoms with Crippen LogP contribution in [0.15, 0.2) is 118 Å². The summed E-state index contributed by atoms with van der Waals surface area (Å²) in [6.07, 6.45) is 28.8. The van der Waals surface area contributed by atoms with Crippen LogP contribution >= 0.6 is 54.5 Å². The first-order valence-corrected chi connectivity index (χ1v) is 36.0. The number of alkyl halides is 1. The molecular formula is C76H106Br2I2N3O-. The molecule has 0 saturated heterocycles. The van der Waals surface area contributed by atoms with Crippen LogP contribution in [0, 0.1) is 0 Å². The minimum absolute atomic E-state index is 0. The lowest BCUT2D eigenvalue weighted by Gasteiger charge is -2.34. The first-order valence-electron chi connectivity index (χ1n) is 32.9. The van der Waals surface area contributed by atoms with E-state index in [2.05, 4.69) is 230 Å². The first-order chi connectivity index (χ1) is 40.4. The third-order valence-corrected chi connectivity index (χ3v) is 19.6. The Morgan fingerprint density at radius 3 is 1.15 bits per heavy atom. The molecule has 6 aromatic rings. The SMILES string of the molecule is CCCCI.CCCCN(CCCC)c1ccc2c(c1)C(CCCC)(CCCC)c1cc(Br)ccc1-2.CCCCN(CCCC)c1ccc2c(c1)C(CCCC)(CCCC)c1cc(OC)ccc1-2.Nc1ccc2c(c1)Cc1cc(Br)ccc1-2.[I-]. The largest absolute Gasteiger partial charge is 1.00 e. The van der Waals surface area contributed by atoms with Crippen LogP contribution in [0.5, 0.6) is 5.75 Å². The molecule has 460 valence electrons. The number of hydrogen-bond acceptors (Lipinski definition) is 4. The molecule has 9 rings (SSSR count). The molecule has 0 unspecified atom stereocenters. The van der Waals surface area contributed by atoms with E-state index in [1.807, 2.05) is 6.07 Å². The van der Waals surface area contributed by atoms with Gasteiger partial charge in [-0.1, -0.05) is 237 Å². The molecule has 0 heterocycles. The van der Waals surface area contributed by atoms with Gasteiger partial charge in [0.1, 0.15) is 5.75 Å². The molecule has 3 aliphatic rings. The molecular weight excluding hydrogens is 1380 g/mol. The second-order valence-corrected chi connectivity index (χ2v) is 26.9. The third kappa shape index (κ3) is 18.1. The molecule has 0 fully saturated rings. The predicted molar refractivity (Wildman–Crippen MR) is 382 cm³/mol. The highest BCUT2D eigenvalue weighted by molar-refractivity contribution is 14.1. The molecule has 0 spiro atoms. The topological polar surface area (TPSA) is 41.7 Å². The molecule has 3 aliphatic carbocycles. The highest BCUT2D eigenvalue weighted by atomic mass is 127. The molecule has 8 heteroatoms. The van der Waals surface area contributed by atoms with E-state index in [-0.39, 0.29) is 34.8 Å². The van der Waals surface area contributed by atoms with Crippen LogP contribution in [0.4, 0.5) is 17.1 Å². The van der Waals surface area contributed by atoms with Crippen molar-refractivity contribution in [2.24, 2.45) is 0 Å². The highest BCUT2D eigenvalue weighted by Crippen LogP contribution is 2.57. The molecule has 0 aliphatic heterocycles. The van der Waals surface area contributed by atoms with Gasteiger partial charge in [-0.15, -0.1) is 0 Å². The maximum atomic E-state index is 5.79. The Labute approximate surface area is 559 Å². The van der Waals surface area contributed by atoms with Gasteiger partial charge in [0, 0.05) is 63.0 Å². The maximum absolute atomic E-state index is 5.79. The van der Waals surface area contributed by atoms with Crippen molar-refractivity contribution in [3.8, 4) is 39.1 Å². The van der Waals surface area contributed by atoms with Crippen molar-refractivity contribution in [3.05, 3.63) is 152 Å². The van der Waals surface area contributed by atoms with E-state index in [0.717, 1.165) is 35.4 Å². The maximum Gasteiger partial charge on any atom is 0.119 e. The van der Waals surface area contributed by atoms with Crippen molar-refractivity contribution in [1.82, 2.24) is 0 Å². The minimum Gasteiger partial charge on any atom is -1.00 e. The van der Waals surface area contributed by atoms with Crippen molar-refractivity contribution < 1.29 is 28.7 Å². The lowest BCUT2D eigenvalue weighted by molar-refractivity contribution is -0.0000172. The fourth-order valence-corrected chi connectivity index (χ4v) is 14.7. The van der Waals surface area contributed by atoms with Gasteiger partial charge in [0.2, 0.25) is 0 Å². The van der Waals surface area contributed by atoms with E-state index in [4.69, 9.17) is 10.5 Å². The van der Waals surface area contributed by atoms with Gasteiger partial charge in [0.05, 0.1) is 7.11 Å². The number of halogens is 4. The number of nitrogens with zero attached hydrogens (tertiary/aromatic N) is 2. The Morgan fingerprint density at radius 1 is 0.417 bits per heavy atom. The van der Waals surface area contributed by atoms with Crippen LogP contribution in [-0.4, -0.2) is 37.7 Å². The quantitative estimate of drug-likeness (QED) is 0.0288. The van der Waals surface area contributed by atoms with Crippen LogP contribution in [0.2, 0.25) is 0 Å². The number of methoxy groups -OCH3 is 1. The molecule has 0 radical (unpaired) electrons. The van der Waals surface area contributed by atoms with Gasteiger partial charge in [0.25, 0.3) is 0 Å². The lowest BCUT2D eigenvalue weighted by atomic mass is 9.70. The number of rotatable bonds is 29. The molecule has 0 saturated carbocycles. The average Bonchev–Trinajstić information content (AvgIpc) is 1.73. The third-order valence-electron chi connectivity index (χ3n) is 17.9. The van der Waals surface area contributed by atoms with E-state index in [1.165, 1.54) is 225 Å². The number of hydrogen-bond donors (Lipinski definition) is 1. The summed E-state index contributed by atoms with van der Waals surface area (Å²) in [5.74, 6) is 0.988. The monoisotopic (exact) mass is 1490 g/mol. The average molecular weight is 1490 g/mol. The Bertz CT molecular complexity index is 2830. The van der Waals surface area contributed by atoms with Crippen LogP contribution in [-0.2, 0) is 17.3 Å². The fraction of sp³-hybridized carbons (Fsp3) is 0.526. The van der Waals surface area contributed by atoms with Crippen molar-refractivity contribution in [2.75, 3.05) is 53.2 Å². The normalized spacial score (nSPS) is 13.0. The summed E-state index contributed by atoms with van der Waals surface area (Å²) < 4.78 is 9.35. The highest BCUT2D eigenvalue weighted by Gasteiger charge is 2.44. The molecule has 0 atom stereocenters. The van der Waals surface area contributed by atoms with Gasteiger partial charge < -0.3 is 44.2 Å². The van der Waals surface area contributed by atoms with E-state index in [0.29, 0.717) is 0 Å². The van der Waals surface area contributed by atoms with E-state index in [9.17, 15) is 0 Å². The fourth-order valence-electron chi connectivity index (χ4n) is 13.1. The van der Waals surface area contributed by atoms with Crippen LogP contribution in [0.25, 0.3) is 33.4 Å². The van der Waals surface area contributed by atoms with Gasteiger partial charge in [-0.25, -0.2) is 0 Å². The Morgan fingerprint density at radius 2 is 0.762 bits per heavy atom. The lowest BCUT2D eigenvalue weighted by Crippen LogP contribution is -3.00. The number of ether oxygens (including phenoxy) is 1. The number of nitrogens with two attached hydrogens (primary N) is 1. The minimum atomic E-state index is 0. The van der Waals surface area contributed by atoms with Gasteiger partial charge in [-0.05, 0) is 208 Å². The second-order valence-electron chi connectivity index (χ2n) is 24.0. The summed E-state index contributed by atoms with van der Waals surface area (Å²) in [6, 6.07) is 41.2. The summed E-state index contributed by atoms with van der Waals surface area (Å²) in [4.78, 5) is 5.29. The van der Waals surface area contributed by atoms with Gasteiger partial charge in [-0.3, -0.25) is 0 Å². The molecule has 0 amide bonds. The van der Waals surface area contributed by atoms with E-state index < -0.39 is 0 Å². The molecule has 0 aromatic heterocycles. The predicted octanol–water partition coefficient (Wildman–Crippen LogP) is 21.1. The van der Waals surface area contributed by atoms with Gasteiger partial charge in [0.15, 0.2) is 0 Å². The number of anilines is 3.